The van der Waals surface area contributed by atoms with E-state index in [2.05, 4.69) is 26.6 Å². The molecule has 1 amide bonds. The van der Waals surface area contributed by atoms with Crippen LogP contribution in [0.5, 0.6) is 0 Å². The molecule has 0 aliphatic carbocycles. The summed E-state index contributed by atoms with van der Waals surface area (Å²) in [6.07, 6.45) is 0. The normalized spacial score (nSPS) is 14.5. The van der Waals surface area contributed by atoms with Crippen LogP contribution in [-0.4, -0.2) is 12.5 Å². The van der Waals surface area contributed by atoms with E-state index in [0.29, 0.717) is 15.8 Å². The van der Waals surface area contributed by atoms with Gasteiger partial charge in [0.1, 0.15) is 5.82 Å². The zero-order valence-corrected chi connectivity index (χ0v) is 8.11. The third-order valence-electron chi connectivity index (χ3n) is 1.79. The fourth-order valence-electron chi connectivity index (χ4n) is 1.19. The van der Waals surface area contributed by atoms with Crippen LogP contribution in [0, 0.1) is 5.82 Å². The Morgan fingerprint density at radius 2 is 2.23 bits per heavy atom. The van der Waals surface area contributed by atoms with Crippen LogP contribution in [0.3, 0.4) is 0 Å². The molecule has 1 aliphatic rings. The molecule has 1 heterocycles. The lowest BCUT2D eigenvalue weighted by molar-refractivity contribution is -0.114. The number of hydrogen-bond acceptors (Lipinski definition) is 2. The van der Waals surface area contributed by atoms with Gasteiger partial charge in [0.2, 0.25) is 5.91 Å². The number of amides is 1. The Morgan fingerprint density at radius 3 is 3.00 bits per heavy atom. The van der Waals surface area contributed by atoms with E-state index in [1.165, 1.54) is 12.1 Å². The molecule has 0 saturated heterocycles. The standard InChI is InChI=1S/C8H6BrFN2O/c9-7-4(10)1-2-5-8(7)11-3-6(13)12-5/h1-2,11H,3H2,(H,12,13). The summed E-state index contributed by atoms with van der Waals surface area (Å²) in [5.74, 6) is -0.464. The van der Waals surface area contributed by atoms with Crippen LogP contribution in [0.15, 0.2) is 16.6 Å². The fourth-order valence-corrected chi connectivity index (χ4v) is 1.68. The second-order valence-corrected chi connectivity index (χ2v) is 3.48. The van der Waals surface area contributed by atoms with Crippen molar-refractivity contribution in [1.82, 2.24) is 0 Å². The summed E-state index contributed by atoms with van der Waals surface area (Å²) < 4.78 is 13.4. The smallest absolute Gasteiger partial charge is 0.243 e. The van der Waals surface area contributed by atoms with Crippen molar-refractivity contribution in [3.8, 4) is 0 Å². The minimum atomic E-state index is -0.345. The highest BCUT2D eigenvalue weighted by Crippen LogP contribution is 2.34. The van der Waals surface area contributed by atoms with Gasteiger partial charge in [-0.3, -0.25) is 4.79 Å². The summed E-state index contributed by atoms with van der Waals surface area (Å²) in [6, 6.07) is 2.83. The predicted octanol–water partition coefficient (Wildman–Crippen LogP) is 1.95. The van der Waals surface area contributed by atoms with Crippen LogP contribution in [0.25, 0.3) is 0 Å². The summed E-state index contributed by atoms with van der Waals surface area (Å²) in [6.45, 7) is 0.176. The number of carbonyl (C=O) groups is 1. The molecule has 5 heteroatoms. The zero-order chi connectivity index (χ0) is 9.42. The Hall–Kier alpha value is -1.10. The van der Waals surface area contributed by atoms with E-state index >= 15 is 0 Å². The van der Waals surface area contributed by atoms with Crippen molar-refractivity contribution in [2.75, 3.05) is 17.2 Å². The highest BCUT2D eigenvalue weighted by Gasteiger charge is 2.17. The van der Waals surface area contributed by atoms with E-state index in [-0.39, 0.29) is 18.3 Å². The Labute approximate surface area is 82.4 Å². The van der Waals surface area contributed by atoms with Crippen molar-refractivity contribution >= 4 is 33.2 Å². The minimum absolute atomic E-state index is 0.119. The molecule has 0 atom stereocenters. The van der Waals surface area contributed by atoms with Gasteiger partial charge in [0.15, 0.2) is 0 Å². The van der Waals surface area contributed by atoms with Gasteiger partial charge in [0.25, 0.3) is 0 Å². The lowest BCUT2D eigenvalue weighted by atomic mass is 10.2. The van der Waals surface area contributed by atoms with E-state index in [4.69, 9.17) is 0 Å². The third-order valence-corrected chi connectivity index (χ3v) is 2.57. The van der Waals surface area contributed by atoms with E-state index in [1.54, 1.807) is 0 Å². The summed E-state index contributed by atoms with van der Waals surface area (Å²) in [7, 11) is 0. The Kier molecular flexibility index (Phi) is 1.95. The molecule has 1 aliphatic heterocycles. The Morgan fingerprint density at radius 1 is 1.46 bits per heavy atom. The number of benzene rings is 1. The van der Waals surface area contributed by atoms with Crippen LogP contribution in [-0.2, 0) is 4.79 Å². The predicted molar refractivity (Wildman–Crippen MR) is 51.2 cm³/mol. The summed E-state index contributed by atoms with van der Waals surface area (Å²) in [4.78, 5) is 10.9. The minimum Gasteiger partial charge on any atom is -0.373 e. The fraction of sp³-hybridized carbons (Fsp3) is 0.125. The van der Waals surface area contributed by atoms with Crippen molar-refractivity contribution in [1.29, 1.82) is 0 Å². The van der Waals surface area contributed by atoms with E-state index in [9.17, 15) is 9.18 Å². The highest BCUT2D eigenvalue weighted by molar-refractivity contribution is 9.10. The summed E-state index contributed by atoms with van der Waals surface area (Å²) in [5, 5.41) is 5.45. The van der Waals surface area contributed by atoms with Crippen LogP contribution in [0.1, 0.15) is 0 Å². The van der Waals surface area contributed by atoms with Crippen molar-refractivity contribution in [3.63, 3.8) is 0 Å². The first kappa shape index (κ1) is 8.50. The van der Waals surface area contributed by atoms with Gasteiger partial charge < -0.3 is 10.6 Å². The van der Waals surface area contributed by atoms with Gasteiger partial charge in [0.05, 0.1) is 22.4 Å². The van der Waals surface area contributed by atoms with Crippen molar-refractivity contribution in [2.45, 2.75) is 0 Å². The van der Waals surface area contributed by atoms with Crippen LogP contribution < -0.4 is 10.6 Å². The number of nitrogens with one attached hydrogen (secondary N) is 2. The molecule has 1 aromatic rings. The van der Waals surface area contributed by atoms with Crippen molar-refractivity contribution < 1.29 is 9.18 Å². The Balaban J connectivity index is 2.53. The van der Waals surface area contributed by atoms with Gasteiger partial charge in [-0.2, -0.15) is 0 Å². The molecule has 0 radical (unpaired) electrons. The monoisotopic (exact) mass is 244 g/mol. The van der Waals surface area contributed by atoms with E-state index in [0.717, 1.165) is 0 Å². The molecule has 0 aromatic heterocycles. The van der Waals surface area contributed by atoms with Crippen LogP contribution in [0.4, 0.5) is 15.8 Å². The molecular formula is C8H6BrFN2O. The SMILES string of the molecule is O=C1CNc2c(ccc(F)c2Br)N1. The van der Waals surface area contributed by atoms with Crippen LogP contribution >= 0.6 is 15.9 Å². The molecule has 0 unspecified atom stereocenters. The van der Waals surface area contributed by atoms with Gasteiger partial charge in [-0.25, -0.2) is 4.39 Å². The number of rotatable bonds is 0. The summed E-state index contributed by atoms with van der Waals surface area (Å²) in [5.41, 5.74) is 1.20. The van der Waals surface area contributed by atoms with Crippen LogP contribution in [0.2, 0.25) is 0 Å². The number of anilines is 2. The topological polar surface area (TPSA) is 41.1 Å². The van der Waals surface area contributed by atoms with E-state index < -0.39 is 0 Å². The second-order valence-electron chi connectivity index (χ2n) is 2.69. The number of fused-ring (bicyclic) bond motifs is 1. The summed E-state index contributed by atoms with van der Waals surface area (Å²) >= 11 is 3.10. The molecule has 2 rings (SSSR count). The molecule has 68 valence electrons. The van der Waals surface area contributed by atoms with Gasteiger partial charge >= 0.3 is 0 Å². The maximum absolute atomic E-state index is 13.0. The molecule has 2 N–H and O–H groups in total. The quantitative estimate of drug-likeness (QED) is 0.733. The van der Waals surface area contributed by atoms with Gasteiger partial charge in [-0.1, -0.05) is 0 Å². The average molecular weight is 245 g/mol. The lowest BCUT2D eigenvalue weighted by Crippen LogP contribution is -2.27. The highest BCUT2D eigenvalue weighted by atomic mass is 79.9. The third kappa shape index (κ3) is 1.39. The van der Waals surface area contributed by atoms with E-state index in [1.807, 2.05) is 0 Å². The lowest BCUT2D eigenvalue weighted by Gasteiger charge is -2.19. The zero-order valence-electron chi connectivity index (χ0n) is 6.53. The first-order valence-electron chi connectivity index (χ1n) is 3.70. The molecular weight excluding hydrogens is 239 g/mol. The molecule has 0 saturated carbocycles. The first-order chi connectivity index (χ1) is 6.18. The average Bonchev–Trinajstić information content (AvgIpc) is 2.12. The van der Waals surface area contributed by atoms with Crippen molar-refractivity contribution in [3.05, 3.63) is 22.4 Å². The molecule has 0 fully saturated rings. The largest absolute Gasteiger partial charge is 0.373 e. The molecule has 0 bridgehead atoms. The number of carbonyl (C=O) groups excluding carboxylic acids is 1. The maximum atomic E-state index is 13.0. The molecule has 0 spiro atoms. The van der Waals surface area contributed by atoms with Crippen molar-refractivity contribution in [2.24, 2.45) is 0 Å². The molecule has 3 nitrogen and oxygen atoms in total. The Bertz CT molecular complexity index is 381. The van der Waals surface area contributed by atoms with Gasteiger partial charge in [0, 0.05) is 0 Å². The molecule has 13 heavy (non-hydrogen) atoms. The van der Waals surface area contributed by atoms with Gasteiger partial charge in [-0.05, 0) is 28.1 Å². The maximum Gasteiger partial charge on any atom is 0.243 e. The first-order valence-corrected chi connectivity index (χ1v) is 4.49. The number of hydrogen-bond donors (Lipinski definition) is 2. The number of halogens is 2. The second kappa shape index (κ2) is 2.99. The molecule has 1 aromatic carbocycles. The van der Waals surface area contributed by atoms with Gasteiger partial charge in [-0.15, -0.1) is 0 Å².